The summed E-state index contributed by atoms with van der Waals surface area (Å²) in [6.45, 7) is 10.6. The molecular weight excluding hydrogens is 350 g/mol. The van der Waals surface area contributed by atoms with E-state index in [1.807, 2.05) is 24.3 Å². The molecule has 0 unspecified atom stereocenters. The molecule has 3 aromatic rings. The molecule has 146 valence electrons. The summed E-state index contributed by atoms with van der Waals surface area (Å²) in [4.78, 5) is 12.7. The van der Waals surface area contributed by atoms with Gasteiger partial charge in [-0.05, 0) is 63.5 Å². The second-order valence-electron chi connectivity index (χ2n) is 7.94. The van der Waals surface area contributed by atoms with Gasteiger partial charge in [-0.25, -0.2) is 4.63 Å². The minimum atomic E-state index is -0.234. The molecule has 0 aliphatic carbocycles. The molecule has 2 aromatic carbocycles. The molecule has 5 heteroatoms. The van der Waals surface area contributed by atoms with Crippen LogP contribution in [0, 0.1) is 0 Å². The highest BCUT2D eigenvalue weighted by Crippen LogP contribution is 2.30. The molecule has 3 rings (SSSR count). The van der Waals surface area contributed by atoms with Crippen LogP contribution in [0.4, 0.5) is 5.82 Å². The van der Waals surface area contributed by atoms with Crippen molar-refractivity contribution in [2.45, 2.75) is 52.9 Å². The minimum Gasteiger partial charge on any atom is -0.302 e. The maximum Gasteiger partial charge on any atom is 0.256 e. The molecule has 1 amide bonds. The zero-order valence-electron chi connectivity index (χ0n) is 17.2. The molecule has 0 radical (unpaired) electrons. The molecule has 1 aromatic heterocycles. The number of nitrogens with zero attached hydrogens (tertiary/aromatic N) is 2. The first-order chi connectivity index (χ1) is 13.3. The van der Waals surface area contributed by atoms with E-state index in [-0.39, 0.29) is 11.3 Å². The number of hydrogen-bond acceptors (Lipinski definition) is 4. The van der Waals surface area contributed by atoms with E-state index in [4.69, 9.17) is 4.63 Å². The highest BCUT2D eigenvalue weighted by Gasteiger charge is 2.19. The summed E-state index contributed by atoms with van der Waals surface area (Å²) in [6, 6.07) is 13.9. The second kappa shape index (κ2) is 7.97. The Morgan fingerprint density at radius 1 is 1.00 bits per heavy atom. The number of aromatic nitrogens is 2. The summed E-state index contributed by atoms with van der Waals surface area (Å²) in [7, 11) is 0. The zero-order chi connectivity index (χ0) is 20.3. The molecule has 0 atom stereocenters. The summed E-state index contributed by atoms with van der Waals surface area (Å²) in [5, 5.41) is 10.8. The van der Waals surface area contributed by atoms with Crippen LogP contribution in [0.25, 0.3) is 11.3 Å². The first-order valence-electron chi connectivity index (χ1n) is 9.70. The Morgan fingerprint density at radius 2 is 1.71 bits per heavy atom. The van der Waals surface area contributed by atoms with Crippen molar-refractivity contribution < 1.29 is 9.42 Å². The van der Waals surface area contributed by atoms with Crippen molar-refractivity contribution in [1.82, 2.24) is 10.3 Å². The number of anilines is 1. The van der Waals surface area contributed by atoms with Gasteiger partial charge in [-0.3, -0.25) is 4.79 Å². The molecule has 28 heavy (non-hydrogen) atoms. The topological polar surface area (TPSA) is 68.0 Å². The van der Waals surface area contributed by atoms with E-state index in [9.17, 15) is 4.79 Å². The molecule has 0 saturated carbocycles. The van der Waals surface area contributed by atoms with E-state index >= 15 is 0 Å². The Morgan fingerprint density at radius 3 is 2.32 bits per heavy atom. The van der Waals surface area contributed by atoms with Gasteiger partial charge in [0.15, 0.2) is 5.69 Å². The van der Waals surface area contributed by atoms with Crippen molar-refractivity contribution in [3.05, 3.63) is 64.7 Å². The molecule has 0 aliphatic rings. The second-order valence-corrected chi connectivity index (χ2v) is 7.94. The summed E-state index contributed by atoms with van der Waals surface area (Å²) in [6.07, 6.45) is 1.78. The Bertz CT molecular complexity index is 966. The molecule has 1 heterocycles. The number of nitrogens with one attached hydrogen (secondary N) is 1. The summed E-state index contributed by atoms with van der Waals surface area (Å²) >= 11 is 0. The van der Waals surface area contributed by atoms with Crippen LogP contribution in [0.15, 0.2) is 47.1 Å². The van der Waals surface area contributed by atoms with Gasteiger partial charge in [-0.1, -0.05) is 58.9 Å². The van der Waals surface area contributed by atoms with E-state index in [0.717, 1.165) is 24.0 Å². The predicted molar refractivity (Wildman–Crippen MR) is 112 cm³/mol. The Hall–Kier alpha value is -2.95. The Kier molecular flexibility index (Phi) is 5.63. The van der Waals surface area contributed by atoms with Gasteiger partial charge in [0.05, 0.1) is 0 Å². The summed E-state index contributed by atoms with van der Waals surface area (Å²) < 4.78 is 4.96. The lowest BCUT2D eigenvalue weighted by atomic mass is 9.87. The standard InChI is InChI=1S/C23H27N3O2/c1-6-15-8-9-16(7-2)19(14-15)20-21(26-28-25-20)24-22(27)17-10-12-18(13-11-17)23(3,4)5/h8-14H,6-7H2,1-5H3,(H,24,26,27). The summed E-state index contributed by atoms with van der Waals surface area (Å²) in [5.74, 6) is 0.106. The fraction of sp³-hybridized carbons (Fsp3) is 0.348. The molecule has 0 bridgehead atoms. The lowest BCUT2D eigenvalue weighted by Crippen LogP contribution is -2.15. The maximum atomic E-state index is 12.7. The summed E-state index contributed by atoms with van der Waals surface area (Å²) in [5.41, 5.74) is 5.63. The minimum absolute atomic E-state index is 0.0407. The van der Waals surface area contributed by atoms with Crippen molar-refractivity contribution in [3.63, 3.8) is 0 Å². The normalized spacial score (nSPS) is 11.5. The van der Waals surface area contributed by atoms with Crippen LogP contribution in [0.2, 0.25) is 0 Å². The smallest absolute Gasteiger partial charge is 0.256 e. The fourth-order valence-corrected chi connectivity index (χ4v) is 3.12. The lowest BCUT2D eigenvalue weighted by molar-refractivity contribution is 0.102. The van der Waals surface area contributed by atoms with Crippen LogP contribution in [-0.2, 0) is 18.3 Å². The lowest BCUT2D eigenvalue weighted by Gasteiger charge is -2.19. The predicted octanol–water partition coefficient (Wildman–Crippen LogP) is 5.41. The van der Waals surface area contributed by atoms with Crippen molar-refractivity contribution >= 4 is 11.7 Å². The number of aryl methyl sites for hydroxylation is 2. The highest BCUT2D eigenvalue weighted by atomic mass is 16.6. The molecule has 0 aliphatic heterocycles. The van der Waals surface area contributed by atoms with Gasteiger partial charge >= 0.3 is 0 Å². The van der Waals surface area contributed by atoms with Crippen molar-refractivity contribution in [2.24, 2.45) is 0 Å². The van der Waals surface area contributed by atoms with Gasteiger partial charge in [-0.15, -0.1) is 0 Å². The van der Waals surface area contributed by atoms with Crippen LogP contribution < -0.4 is 5.32 Å². The van der Waals surface area contributed by atoms with Crippen molar-refractivity contribution in [3.8, 4) is 11.3 Å². The van der Waals surface area contributed by atoms with Gasteiger partial charge in [0, 0.05) is 11.1 Å². The van der Waals surface area contributed by atoms with Crippen LogP contribution in [-0.4, -0.2) is 16.2 Å². The third kappa shape index (κ3) is 4.14. The first-order valence-corrected chi connectivity index (χ1v) is 9.70. The fourth-order valence-electron chi connectivity index (χ4n) is 3.12. The van der Waals surface area contributed by atoms with Crippen LogP contribution in [0.3, 0.4) is 0 Å². The van der Waals surface area contributed by atoms with Gasteiger partial charge < -0.3 is 5.32 Å². The number of rotatable bonds is 5. The van der Waals surface area contributed by atoms with Gasteiger partial charge in [-0.2, -0.15) is 0 Å². The number of carbonyl (C=O) groups excluding carboxylic acids is 1. The van der Waals surface area contributed by atoms with E-state index in [1.165, 1.54) is 11.1 Å². The van der Waals surface area contributed by atoms with Gasteiger partial charge in [0.1, 0.15) is 0 Å². The van der Waals surface area contributed by atoms with Crippen LogP contribution >= 0.6 is 0 Å². The third-order valence-electron chi connectivity index (χ3n) is 4.95. The molecule has 0 saturated heterocycles. The molecule has 0 spiro atoms. The monoisotopic (exact) mass is 377 g/mol. The van der Waals surface area contributed by atoms with Gasteiger partial charge in [0.25, 0.3) is 5.91 Å². The average molecular weight is 377 g/mol. The first kappa shape index (κ1) is 19.8. The molecule has 5 nitrogen and oxygen atoms in total. The van der Waals surface area contributed by atoms with E-state index in [1.54, 1.807) is 0 Å². The Labute approximate surface area is 166 Å². The number of carbonyl (C=O) groups is 1. The van der Waals surface area contributed by atoms with Crippen LogP contribution in [0.5, 0.6) is 0 Å². The maximum absolute atomic E-state index is 12.7. The molecule has 1 N–H and O–H groups in total. The largest absolute Gasteiger partial charge is 0.302 e. The molecule has 0 fully saturated rings. The number of hydrogen-bond donors (Lipinski definition) is 1. The Balaban J connectivity index is 1.88. The number of benzene rings is 2. The van der Waals surface area contributed by atoms with E-state index in [0.29, 0.717) is 17.1 Å². The zero-order valence-corrected chi connectivity index (χ0v) is 17.2. The quantitative estimate of drug-likeness (QED) is 0.645. The average Bonchev–Trinajstić information content (AvgIpc) is 3.14. The van der Waals surface area contributed by atoms with Gasteiger partial charge in [0.2, 0.25) is 5.82 Å². The third-order valence-corrected chi connectivity index (χ3v) is 4.95. The highest BCUT2D eigenvalue weighted by molar-refractivity contribution is 6.05. The van der Waals surface area contributed by atoms with Crippen molar-refractivity contribution in [1.29, 1.82) is 0 Å². The van der Waals surface area contributed by atoms with E-state index in [2.05, 4.69) is 68.4 Å². The SMILES string of the molecule is CCc1ccc(CC)c(-c2nonc2NC(=O)c2ccc(C(C)(C)C)cc2)c1. The van der Waals surface area contributed by atoms with Crippen molar-refractivity contribution in [2.75, 3.05) is 5.32 Å². The van der Waals surface area contributed by atoms with E-state index < -0.39 is 0 Å². The van der Waals surface area contributed by atoms with Crippen LogP contribution in [0.1, 0.15) is 61.7 Å². The molecular formula is C23H27N3O2. The number of amides is 1.